The molecule has 0 saturated heterocycles. The highest BCUT2D eigenvalue weighted by Crippen LogP contribution is 2.37. The molecule has 5 heteroatoms. The second-order valence-corrected chi connectivity index (χ2v) is 8.58. The standard InChI is InChI=1S/C22H33ClO4/c1-14(2)8-5-11-17(21(24)25)16-10-7-13-19(23)20(16)18(22(26)27)12-6-9-15(3)4/h7,10,13-15,17-18H,5-6,8-9,11-12H2,1-4H3,(H,24,25)(H,26,27). The van der Waals surface area contributed by atoms with Gasteiger partial charge in [0.2, 0.25) is 0 Å². The quantitative estimate of drug-likeness (QED) is 0.433. The minimum Gasteiger partial charge on any atom is -0.481 e. The molecule has 0 amide bonds. The van der Waals surface area contributed by atoms with Crippen LogP contribution in [-0.2, 0) is 9.59 Å². The van der Waals surface area contributed by atoms with Crippen molar-refractivity contribution in [3.05, 3.63) is 34.3 Å². The molecule has 1 aromatic rings. The third-order valence-corrected chi connectivity index (χ3v) is 5.28. The van der Waals surface area contributed by atoms with Gasteiger partial charge in [0.15, 0.2) is 0 Å². The van der Waals surface area contributed by atoms with Crippen LogP contribution in [0.1, 0.15) is 89.2 Å². The summed E-state index contributed by atoms with van der Waals surface area (Å²) in [5.74, 6) is -2.38. The van der Waals surface area contributed by atoms with E-state index in [9.17, 15) is 19.8 Å². The van der Waals surface area contributed by atoms with Crippen LogP contribution >= 0.6 is 11.6 Å². The Morgan fingerprint density at radius 2 is 1.33 bits per heavy atom. The molecule has 2 unspecified atom stereocenters. The first-order valence-corrected chi connectivity index (χ1v) is 10.3. The van der Waals surface area contributed by atoms with Crippen LogP contribution in [0.3, 0.4) is 0 Å². The average molecular weight is 397 g/mol. The minimum atomic E-state index is -0.945. The molecule has 152 valence electrons. The predicted molar refractivity (Wildman–Crippen MR) is 110 cm³/mol. The number of hydrogen-bond acceptors (Lipinski definition) is 2. The van der Waals surface area contributed by atoms with Gasteiger partial charge in [0, 0.05) is 5.02 Å². The van der Waals surface area contributed by atoms with E-state index < -0.39 is 23.8 Å². The predicted octanol–water partition coefficient (Wildman–Crippen LogP) is 6.33. The van der Waals surface area contributed by atoms with Crippen LogP contribution in [0.5, 0.6) is 0 Å². The molecule has 0 fully saturated rings. The Labute approximate surface area is 167 Å². The van der Waals surface area contributed by atoms with Gasteiger partial charge in [0.1, 0.15) is 0 Å². The molecule has 1 aromatic carbocycles. The Morgan fingerprint density at radius 1 is 0.852 bits per heavy atom. The summed E-state index contributed by atoms with van der Waals surface area (Å²) in [5.41, 5.74) is 1.03. The molecule has 2 atom stereocenters. The van der Waals surface area contributed by atoms with Crippen LogP contribution < -0.4 is 0 Å². The summed E-state index contributed by atoms with van der Waals surface area (Å²) in [6.45, 7) is 8.42. The number of rotatable bonds is 12. The van der Waals surface area contributed by atoms with E-state index in [4.69, 9.17) is 11.6 Å². The van der Waals surface area contributed by atoms with Crippen molar-refractivity contribution < 1.29 is 19.8 Å². The van der Waals surface area contributed by atoms with E-state index >= 15 is 0 Å². The van der Waals surface area contributed by atoms with Gasteiger partial charge in [-0.25, -0.2) is 0 Å². The van der Waals surface area contributed by atoms with E-state index in [0.29, 0.717) is 40.8 Å². The fourth-order valence-corrected chi connectivity index (χ4v) is 3.80. The molecule has 0 saturated carbocycles. The molecule has 0 aliphatic heterocycles. The van der Waals surface area contributed by atoms with Crippen LogP contribution in [0.4, 0.5) is 0 Å². The average Bonchev–Trinajstić information content (AvgIpc) is 2.55. The zero-order chi connectivity index (χ0) is 20.6. The zero-order valence-corrected chi connectivity index (χ0v) is 17.6. The summed E-state index contributed by atoms with van der Waals surface area (Å²) in [6.07, 6.45) is 4.37. The summed E-state index contributed by atoms with van der Waals surface area (Å²) >= 11 is 6.39. The number of carbonyl (C=O) groups is 2. The van der Waals surface area contributed by atoms with E-state index in [1.165, 1.54) is 0 Å². The normalized spacial score (nSPS) is 13.7. The summed E-state index contributed by atoms with van der Waals surface area (Å²) in [5, 5.41) is 19.9. The number of carboxylic acids is 2. The maximum absolute atomic E-state index is 12.0. The maximum Gasteiger partial charge on any atom is 0.311 e. The smallest absolute Gasteiger partial charge is 0.311 e. The lowest BCUT2D eigenvalue weighted by Crippen LogP contribution is -2.19. The topological polar surface area (TPSA) is 74.6 Å². The lowest BCUT2D eigenvalue weighted by atomic mass is 9.82. The summed E-state index contributed by atoms with van der Waals surface area (Å²) in [7, 11) is 0. The van der Waals surface area contributed by atoms with Gasteiger partial charge in [0.05, 0.1) is 11.8 Å². The number of carboxylic acid groups (broad SMARTS) is 2. The van der Waals surface area contributed by atoms with Gasteiger partial charge in [-0.15, -0.1) is 0 Å². The SMILES string of the molecule is CC(C)CCCC(C(=O)O)c1cccc(Cl)c1C(CCCC(C)C)C(=O)O. The molecule has 0 heterocycles. The Kier molecular flexibility index (Phi) is 9.86. The van der Waals surface area contributed by atoms with Crippen molar-refractivity contribution in [3.63, 3.8) is 0 Å². The van der Waals surface area contributed by atoms with Crippen molar-refractivity contribution in [1.82, 2.24) is 0 Å². The first kappa shape index (κ1) is 23.5. The van der Waals surface area contributed by atoms with Gasteiger partial charge in [0.25, 0.3) is 0 Å². The van der Waals surface area contributed by atoms with Crippen molar-refractivity contribution >= 4 is 23.5 Å². The Morgan fingerprint density at radius 3 is 1.78 bits per heavy atom. The van der Waals surface area contributed by atoms with Crippen molar-refractivity contribution in [2.45, 2.75) is 78.1 Å². The van der Waals surface area contributed by atoms with Gasteiger partial charge in [-0.05, 0) is 41.9 Å². The molecule has 0 aliphatic carbocycles. The largest absolute Gasteiger partial charge is 0.481 e. The zero-order valence-electron chi connectivity index (χ0n) is 16.9. The fourth-order valence-electron chi connectivity index (χ4n) is 3.49. The molecule has 0 radical (unpaired) electrons. The maximum atomic E-state index is 12.0. The van der Waals surface area contributed by atoms with E-state index in [-0.39, 0.29) is 0 Å². The van der Waals surface area contributed by atoms with E-state index in [1.807, 2.05) is 0 Å². The molecule has 0 spiro atoms. The fraction of sp³-hybridized carbons (Fsp3) is 0.636. The summed E-state index contributed by atoms with van der Waals surface area (Å²) < 4.78 is 0. The Bertz CT molecular complexity index is 625. The highest BCUT2D eigenvalue weighted by atomic mass is 35.5. The molecular formula is C22H33ClO4. The number of halogens is 1. The first-order valence-electron chi connectivity index (χ1n) is 9.89. The van der Waals surface area contributed by atoms with E-state index in [2.05, 4.69) is 27.7 Å². The van der Waals surface area contributed by atoms with Crippen molar-refractivity contribution in [1.29, 1.82) is 0 Å². The van der Waals surface area contributed by atoms with Crippen LogP contribution in [0.25, 0.3) is 0 Å². The van der Waals surface area contributed by atoms with Crippen LogP contribution in [0, 0.1) is 11.8 Å². The highest BCUT2D eigenvalue weighted by Gasteiger charge is 2.30. The molecule has 27 heavy (non-hydrogen) atoms. The van der Waals surface area contributed by atoms with E-state index in [1.54, 1.807) is 18.2 Å². The third kappa shape index (κ3) is 7.53. The van der Waals surface area contributed by atoms with Crippen LogP contribution in [0.2, 0.25) is 5.02 Å². The molecule has 0 bridgehead atoms. The third-order valence-electron chi connectivity index (χ3n) is 4.96. The van der Waals surface area contributed by atoms with Gasteiger partial charge < -0.3 is 10.2 Å². The molecule has 4 nitrogen and oxygen atoms in total. The van der Waals surface area contributed by atoms with Gasteiger partial charge >= 0.3 is 11.9 Å². The second-order valence-electron chi connectivity index (χ2n) is 8.17. The number of hydrogen-bond donors (Lipinski definition) is 2. The lowest BCUT2D eigenvalue weighted by Gasteiger charge is -2.23. The van der Waals surface area contributed by atoms with Gasteiger partial charge in [-0.3, -0.25) is 9.59 Å². The van der Waals surface area contributed by atoms with Gasteiger partial charge in [-0.1, -0.05) is 77.1 Å². The number of aliphatic carboxylic acids is 2. The second kappa shape index (κ2) is 11.3. The van der Waals surface area contributed by atoms with Crippen molar-refractivity contribution in [2.24, 2.45) is 11.8 Å². The Balaban J connectivity index is 3.20. The summed E-state index contributed by atoms with van der Waals surface area (Å²) in [6, 6.07) is 5.10. The molecular weight excluding hydrogens is 364 g/mol. The lowest BCUT2D eigenvalue weighted by molar-refractivity contribution is -0.140. The molecule has 1 rings (SSSR count). The van der Waals surface area contributed by atoms with Crippen molar-refractivity contribution in [2.75, 3.05) is 0 Å². The van der Waals surface area contributed by atoms with Crippen LogP contribution in [-0.4, -0.2) is 22.2 Å². The summed E-state index contributed by atoms with van der Waals surface area (Å²) in [4.78, 5) is 23.9. The first-order chi connectivity index (χ1) is 12.6. The number of benzene rings is 1. The van der Waals surface area contributed by atoms with Gasteiger partial charge in [-0.2, -0.15) is 0 Å². The van der Waals surface area contributed by atoms with Crippen LogP contribution in [0.15, 0.2) is 18.2 Å². The van der Waals surface area contributed by atoms with E-state index in [0.717, 1.165) is 25.7 Å². The molecule has 0 aromatic heterocycles. The Hall–Kier alpha value is -1.55. The molecule has 2 N–H and O–H groups in total. The highest BCUT2D eigenvalue weighted by molar-refractivity contribution is 6.31. The minimum absolute atomic E-state index is 0.347. The van der Waals surface area contributed by atoms with Crippen molar-refractivity contribution in [3.8, 4) is 0 Å². The monoisotopic (exact) mass is 396 g/mol. The molecule has 0 aliphatic rings.